The van der Waals surface area contributed by atoms with E-state index >= 15 is 0 Å². The number of carbonyl (C=O) groups excluding carboxylic acids is 3. The van der Waals surface area contributed by atoms with E-state index in [1.54, 1.807) is 26.1 Å². The Hall–Kier alpha value is -3.48. The van der Waals surface area contributed by atoms with Crippen molar-refractivity contribution in [3.63, 3.8) is 0 Å². The summed E-state index contributed by atoms with van der Waals surface area (Å²) in [5.41, 5.74) is 2.01. The average molecular weight is 437 g/mol. The fraction of sp³-hybridized carbons (Fsp3) is 0.360. The largest absolute Gasteiger partial charge is 0.466 e. The fourth-order valence-electron chi connectivity index (χ4n) is 3.89. The molecule has 1 N–H and O–H groups in total. The Morgan fingerprint density at radius 2 is 1.59 bits per heavy atom. The van der Waals surface area contributed by atoms with Gasteiger partial charge >= 0.3 is 11.9 Å². The number of nitrogens with zero attached hydrogens (tertiary/aromatic N) is 1. The number of rotatable bonds is 10. The molecule has 0 saturated heterocycles. The van der Waals surface area contributed by atoms with E-state index in [0.717, 1.165) is 11.1 Å². The number of fused-ring (bicyclic) bond motifs is 1. The van der Waals surface area contributed by atoms with Crippen LogP contribution in [0.1, 0.15) is 50.7 Å². The van der Waals surface area contributed by atoms with E-state index in [2.05, 4.69) is 10.3 Å². The average Bonchev–Trinajstić information content (AvgIpc) is 3.07. The molecule has 2 aromatic carbocycles. The van der Waals surface area contributed by atoms with Crippen LogP contribution in [0.3, 0.4) is 0 Å². The molecule has 0 aliphatic carbocycles. The van der Waals surface area contributed by atoms with Gasteiger partial charge in [0, 0.05) is 24.7 Å². The smallest absolute Gasteiger partial charge is 0.305 e. The zero-order valence-corrected chi connectivity index (χ0v) is 18.4. The summed E-state index contributed by atoms with van der Waals surface area (Å²) in [5, 5.41) is 2.91. The lowest BCUT2D eigenvalue weighted by Gasteiger charge is -2.27. The van der Waals surface area contributed by atoms with Gasteiger partial charge in [-0.1, -0.05) is 30.3 Å². The van der Waals surface area contributed by atoms with Gasteiger partial charge in [0.25, 0.3) is 0 Å². The predicted octanol–water partition coefficient (Wildman–Crippen LogP) is 4.31. The molecule has 3 rings (SSSR count). The number of amides is 1. The molecule has 0 fully saturated rings. The number of nitrogens with one attached hydrogen (secondary N) is 1. The van der Waals surface area contributed by atoms with Crippen molar-refractivity contribution < 1.29 is 23.9 Å². The molecule has 0 unspecified atom stereocenters. The van der Waals surface area contributed by atoms with Crippen LogP contribution in [0.2, 0.25) is 0 Å². The summed E-state index contributed by atoms with van der Waals surface area (Å²) < 4.78 is 10.1. The van der Waals surface area contributed by atoms with Gasteiger partial charge in [-0.25, -0.2) is 0 Å². The molecular weight excluding hydrogens is 408 g/mol. The molecule has 2 aromatic rings. The van der Waals surface area contributed by atoms with Gasteiger partial charge in [0.2, 0.25) is 5.91 Å². The van der Waals surface area contributed by atoms with Gasteiger partial charge in [-0.15, -0.1) is 0 Å². The van der Waals surface area contributed by atoms with Crippen molar-refractivity contribution in [1.29, 1.82) is 0 Å². The Labute approximate surface area is 187 Å². The Morgan fingerprint density at radius 3 is 2.19 bits per heavy atom. The minimum absolute atomic E-state index is 0.0705. The van der Waals surface area contributed by atoms with Crippen molar-refractivity contribution in [2.75, 3.05) is 18.5 Å². The van der Waals surface area contributed by atoms with Crippen LogP contribution in [0.5, 0.6) is 0 Å². The number of benzene rings is 2. The molecule has 0 aromatic heterocycles. The molecule has 1 heterocycles. The number of ether oxygens (including phenoxy) is 2. The quantitative estimate of drug-likeness (QED) is 0.442. The van der Waals surface area contributed by atoms with Crippen molar-refractivity contribution in [3.8, 4) is 0 Å². The van der Waals surface area contributed by atoms with E-state index in [1.807, 2.05) is 42.5 Å². The van der Waals surface area contributed by atoms with Crippen LogP contribution in [0.15, 0.2) is 53.5 Å². The number of anilines is 1. The summed E-state index contributed by atoms with van der Waals surface area (Å²) >= 11 is 0. The maximum absolute atomic E-state index is 13.1. The van der Waals surface area contributed by atoms with Gasteiger partial charge in [0.05, 0.1) is 24.3 Å². The number of hydrogen-bond donors (Lipinski definition) is 1. The van der Waals surface area contributed by atoms with Crippen molar-refractivity contribution >= 4 is 35.4 Å². The third-order valence-electron chi connectivity index (χ3n) is 5.49. The standard InChI is InChI=1S/C25H28N2O5/c1-3-31-22(28)12-14-25(15-13-23(29)32-4-2)20-16-19(10-11-21(20)27-24(25)30)26-17-18-8-6-5-7-9-18/h5-11,16-17H,3-4,12-15H2,1-2H3,(H,27,30). The Kier molecular flexibility index (Phi) is 7.76. The highest BCUT2D eigenvalue weighted by Gasteiger charge is 2.47. The van der Waals surface area contributed by atoms with Gasteiger partial charge in [0.15, 0.2) is 0 Å². The topological polar surface area (TPSA) is 94.1 Å². The molecule has 0 radical (unpaired) electrons. The second-order valence-corrected chi connectivity index (χ2v) is 7.55. The molecule has 0 saturated carbocycles. The lowest BCUT2D eigenvalue weighted by atomic mass is 9.74. The predicted molar refractivity (Wildman–Crippen MR) is 122 cm³/mol. The van der Waals surface area contributed by atoms with E-state index in [4.69, 9.17) is 9.47 Å². The van der Waals surface area contributed by atoms with Crippen molar-refractivity contribution in [3.05, 3.63) is 59.7 Å². The lowest BCUT2D eigenvalue weighted by molar-refractivity contribution is -0.143. The minimum Gasteiger partial charge on any atom is -0.466 e. The van der Waals surface area contributed by atoms with Crippen molar-refractivity contribution in [1.82, 2.24) is 0 Å². The zero-order valence-electron chi connectivity index (χ0n) is 18.4. The summed E-state index contributed by atoms with van der Waals surface area (Å²) in [7, 11) is 0. The van der Waals surface area contributed by atoms with Crippen molar-refractivity contribution in [2.45, 2.75) is 44.9 Å². The number of esters is 2. The Balaban J connectivity index is 1.92. The highest BCUT2D eigenvalue weighted by atomic mass is 16.5. The van der Waals surface area contributed by atoms with E-state index in [0.29, 0.717) is 11.4 Å². The summed E-state index contributed by atoms with van der Waals surface area (Å²) in [5.74, 6) is -0.977. The zero-order chi connectivity index (χ0) is 23.0. The monoisotopic (exact) mass is 436 g/mol. The molecule has 0 bridgehead atoms. The van der Waals surface area contributed by atoms with E-state index < -0.39 is 5.41 Å². The molecular formula is C25H28N2O5. The van der Waals surface area contributed by atoms with Gasteiger partial charge in [-0.05, 0) is 56.0 Å². The van der Waals surface area contributed by atoms with Crippen LogP contribution in [0, 0.1) is 0 Å². The number of carbonyl (C=O) groups is 3. The second kappa shape index (κ2) is 10.7. The van der Waals surface area contributed by atoms with Crippen LogP contribution >= 0.6 is 0 Å². The Morgan fingerprint density at radius 1 is 0.969 bits per heavy atom. The normalized spacial score (nSPS) is 14.1. The fourth-order valence-corrected chi connectivity index (χ4v) is 3.89. The molecule has 168 valence electrons. The SMILES string of the molecule is CCOC(=O)CCC1(CCC(=O)OCC)C(=O)Nc2ccc(N=Cc3ccccc3)cc21. The molecule has 32 heavy (non-hydrogen) atoms. The lowest BCUT2D eigenvalue weighted by Crippen LogP contribution is -2.36. The summed E-state index contributed by atoms with van der Waals surface area (Å²) in [4.78, 5) is 41.8. The van der Waals surface area contributed by atoms with Crippen LogP contribution in [-0.2, 0) is 29.3 Å². The van der Waals surface area contributed by atoms with Crippen LogP contribution in [0.4, 0.5) is 11.4 Å². The van der Waals surface area contributed by atoms with Crippen molar-refractivity contribution in [2.24, 2.45) is 4.99 Å². The minimum atomic E-state index is -1.03. The first-order valence-electron chi connectivity index (χ1n) is 10.8. The number of aliphatic imine (C=N–C) groups is 1. The van der Waals surface area contributed by atoms with Gasteiger partial charge in [0.1, 0.15) is 0 Å². The summed E-state index contributed by atoms with van der Waals surface area (Å²) in [6, 6.07) is 15.2. The Bertz CT molecular complexity index is 979. The van der Waals surface area contributed by atoms with E-state index in [1.165, 1.54) is 0 Å². The first-order valence-corrected chi connectivity index (χ1v) is 10.8. The molecule has 1 amide bonds. The first kappa shape index (κ1) is 23.2. The van der Waals surface area contributed by atoms with Gasteiger partial charge in [-0.3, -0.25) is 19.4 Å². The molecule has 0 spiro atoms. The number of hydrogen-bond acceptors (Lipinski definition) is 6. The highest BCUT2D eigenvalue weighted by molar-refractivity contribution is 6.07. The third-order valence-corrected chi connectivity index (χ3v) is 5.49. The van der Waals surface area contributed by atoms with Crippen LogP contribution in [-0.4, -0.2) is 37.3 Å². The molecule has 7 heteroatoms. The van der Waals surface area contributed by atoms with Crippen LogP contribution < -0.4 is 5.32 Å². The second-order valence-electron chi connectivity index (χ2n) is 7.55. The van der Waals surface area contributed by atoms with Gasteiger partial charge in [-0.2, -0.15) is 0 Å². The first-order chi connectivity index (χ1) is 15.5. The van der Waals surface area contributed by atoms with Gasteiger partial charge < -0.3 is 14.8 Å². The summed E-state index contributed by atoms with van der Waals surface area (Å²) in [6.45, 7) is 4.03. The maximum atomic E-state index is 13.1. The summed E-state index contributed by atoms with van der Waals surface area (Å²) in [6.07, 6.45) is 2.36. The highest BCUT2D eigenvalue weighted by Crippen LogP contribution is 2.46. The third kappa shape index (κ3) is 5.41. The molecule has 0 atom stereocenters. The van der Waals surface area contributed by atoms with E-state index in [-0.39, 0.29) is 56.7 Å². The maximum Gasteiger partial charge on any atom is 0.305 e. The molecule has 1 aliphatic rings. The molecule has 7 nitrogen and oxygen atoms in total. The van der Waals surface area contributed by atoms with Crippen LogP contribution in [0.25, 0.3) is 0 Å². The van der Waals surface area contributed by atoms with E-state index in [9.17, 15) is 14.4 Å². The molecule has 1 aliphatic heterocycles.